The normalized spacial score (nSPS) is 15.0. The number of nitrogens with one attached hydrogen (secondary N) is 2. The van der Waals surface area contributed by atoms with Crippen LogP contribution in [0.3, 0.4) is 0 Å². The van der Waals surface area contributed by atoms with Gasteiger partial charge in [-0.15, -0.1) is 0 Å². The van der Waals surface area contributed by atoms with Crippen LogP contribution in [0.5, 0.6) is 0 Å². The molecule has 1 fully saturated rings. The zero-order valence-electron chi connectivity index (χ0n) is 16.5. The average molecular weight is 469 g/mol. The minimum Gasteiger partial charge on any atom is -0.354 e. The van der Waals surface area contributed by atoms with Gasteiger partial charge in [0.2, 0.25) is 5.91 Å². The van der Waals surface area contributed by atoms with Gasteiger partial charge in [0.15, 0.2) is 0 Å². The topological polar surface area (TPSA) is 61.4 Å². The van der Waals surface area contributed by atoms with Crippen molar-refractivity contribution in [2.24, 2.45) is 5.92 Å². The van der Waals surface area contributed by atoms with E-state index >= 15 is 0 Å². The van der Waals surface area contributed by atoms with Gasteiger partial charge in [-0.3, -0.25) is 14.5 Å². The highest BCUT2D eigenvalue weighted by Crippen LogP contribution is 2.22. The first kappa shape index (κ1) is 22.9. The number of carbonyl (C=O) groups is 2. The van der Waals surface area contributed by atoms with Crippen molar-refractivity contribution in [1.29, 1.82) is 0 Å². The summed E-state index contributed by atoms with van der Waals surface area (Å²) in [6.45, 7) is 3.45. The summed E-state index contributed by atoms with van der Waals surface area (Å²) >= 11 is 17.7. The van der Waals surface area contributed by atoms with E-state index in [0.717, 1.165) is 37.5 Å². The molecule has 3 rings (SSSR count). The van der Waals surface area contributed by atoms with E-state index in [0.29, 0.717) is 28.1 Å². The van der Waals surface area contributed by atoms with Gasteiger partial charge < -0.3 is 10.6 Å². The molecule has 1 aliphatic heterocycles. The molecule has 0 saturated carbocycles. The van der Waals surface area contributed by atoms with E-state index in [4.69, 9.17) is 34.8 Å². The highest BCUT2D eigenvalue weighted by Gasteiger charge is 2.20. The number of amides is 2. The van der Waals surface area contributed by atoms with Gasteiger partial charge in [0.05, 0.1) is 16.6 Å². The number of carbonyl (C=O) groups excluding carboxylic acids is 2. The molecule has 1 heterocycles. The molecule has 0 spiro atoms. The molecule has 2 aromatic carbocycles. The molecule has 2 N–H and O–H groups in total. The van der Waals surface area contributed by atoms with Crippen molar-refractivity contribution < 1.29 is 9.59 Å². The molecule has 160 valence electrons. The smallest absolute Gasteiger partial charge is 0.251 e. The minimum atomic E-state index is -0.362. The lowest BCUT2D eigenvalue weighted by atomic mass is 9.96. The van der Waals surface area contributed by atoms with Crippen LogP contribution in [0.25, 0.3) is 0 Å². The van der Waals surface area contributed by atoms with E-state index in [9.17, 15) is 9.59 Å². The Balaban J connectivity index is 1.34. The van der Waals surface area contributed by atoms with Gasteiger partial charge in [-0.1, -0.05) is 46.9 Å². The Morgan fingerprint density at radius 1 is 0.933 bits per heavy atom. The number of nitrogens with zero attached hydrogens (tertiary/aromatic N) is 1. The van der Waals surface area contributed by atoms with Crippen molar-refractivity contribution >= 4 is 46.6 Å². The van der Waals surface area contributed by atoms with Gasteiger partial charge >= 0.3 is 0 Å². The molecule has 1 aliphatic rings. The highest BCUT2D eigenvalue weighted by molar-refractivity contribution is 6.42. The Morgan fingerprint density at radius 3 is 2.30 bits per heavy atom. The summed E-state index contributed by atoms with van der Waals surface area (Å²) in [5.41, 5.74) is 1.62. The maximum Gasteiger partial charge on any atom is 0.251 e. The van der Waals surface area contributed by atoms with Crippen molar-refractivity contribution in [2.45, 2.75) is 19.4 Å². The van der Waals surface area contributed by atoms with Crippen LogP contribution in [-0.2, 0) is 11.3 Å². The molecule has 0 aliphatic carbocycles. The zero-order chi connectivity index (χ0) is 21.5. The van der Waals surface area contributed by atoms with E-state index in [2.05, 4.69) is 27.7 Å². The van der Waals surface area contributed by atoms with Crippen LogP contribution in [0.4, 0.5) is 0 Å². The standard InChI is InChI=1S/C22H24Cl3N3O2/c23-18-4-1-16(2-5-18)14-28-9-7-15(8-10-28)12-26-21(29)13-27-22(30)17-3-6-19(24)20(25)11-17/h1-6,11,15H,7-10,12-14H2,(H,26,29)(H,27,30). The van der Waals surface area contributed by atoms with Crippen LogP contribution in [-0.4, -0.2) is 42.9 Å². The van der Waals surface area contributed by atoms with Crippen LogP contribution < -0.4 is 10.6 Å². The van der Waals surface area contributed by atoms with Crippen molar-refractivity contribution in [3.05, 3.63) is 68.7 Å². The number of piperidine rings is 1. The quantitative estimate of drug-likeness (QED) is 0.633. The van der Waals surface area contributed by atoms with E-state index in [-0.39, 0.29) is 18.4 Å². The van der Waals surface area contributed by atoms with E-state index in [1.165, 1.54) is 11.6 Å². The molecule has 8 heteroatoms. The number of hydrogen-bond acceptors (Lipinski definition) is 3. The van der Waals surface area contributed by atoms with Gasteiger partial charge in [0.1, 0.15) is 0 Å². The zero-order valence-corrected chi connectivity index (χ0v) is 18.7. The van der Waals surface area contributed by atoms with Gasteiger partial charge in [-0.2, -0.15) is 0 Å². The molecule has 0 radical (unpaired) electrons. The van der Waals surface area contributed by atoms with Crippen LogP contribution in [0.15, 0.2) is 42.5 Å². The molecule has 0 atom stereocenters. The maximum absolute atomic E-state index is 12.1. The summed E-state index contributed by atoms with van der Waals surface area (Å²) in [6.07, 6.45) is 2.06. The maximum atomic E-state index is 12.1. The third kappa shape index (κ3) is 6.88. The predicted octanol–water partition coefficient (Wildman–Crippen LogP) is 4.41. The molecule has 2 aromatic rings. The Bertz CT molecular complexity index is 882. The number of benzene rings is 2. The summed E-state index contributed by atoms with van der Waals surface area (Å²) in [5, 5.41) is 6.95. The SMILES string of the molecule is O=C(CNC(=O)c1ccc(Cl)c(Cl)c1)NCC1CCN(Cc2ccc(Cl)cc2)CC1. The summed E-state index contributed by atoms with van der Waals surface area (Å²) < 4.78 is 0. The number of likely N-dealkylation sites (tertiary alicyclic amines) is 1. The third-order valence-corrected chi connectivity index (χ3v) is 6.20. The summed E-state index contributed by atoms with van der Waals surface area (Å²) in [7, 11) is 0. The molecule has 30 heavy (non-hydrogen) atoms. The largest absolute Gasteiger partial charge is 0.354 e. The van der Waals surface area contributed by atoms with Crippen LogP contribution in [0.2, 0.25) is 15.1 Å². The molecule has 2 amide bonds. The van der Waals surface area contributed by atoms with Gasteiger partial charge in [0.25, 0.3) is 5.91 Å². The second-order valence-electron chi connectivity index (χ2n) is 7.46. The monoisotopic (exact) mass is 467 g/mol. The number of halogens is 3. The van der Waals surface area contributed by atoms with Crippen LogP contribution in [0.1, 0.15) is 28.8 Å². The van der Waals surface area contributed by atoms with Crippen molar-refractivity contribution in [3.63, 3.8) is 0 Å². The summed E-state index contributed by atoms with van der Waals surface area (Å²) in [4.78, 5) is 26.6. The molecular formula is C22H24Cl3N3O2. The predicted molar refractivity (Wildman–Crippen MR) is 121 cm³/mol. The summed E-state index contributed by atoms with van der Waals surface area (Å²) in [6, 6.07) is 12.5. The molecular weight excluding hydrogens is 445 g/mol. The molecule has 0 aromatic heterocycles. The Morgan fingerprint density at radius 2 is 1.63 bits per heavy atom. The molecule has 0 unspecified atom stereocenters. The minimum absolute atomic E-state index is 0.0749. The Hall–Kier alpha value is -1.79. The Labute approximate surface area is 191 Å². The van der Waals surface area contributed by atoms with Crippen molar-refractivity contribution in [1.82, 2.24) is 15.5 Å². The lowest BCUT2D eigenvalue weighted by molar-refractivity contribution is -0.120. The van der Waals surface area contributed by atoms with Crippen molar-refractivity contribution in [3.8, 4) is 0 Å². The first-order chi connectivity index (χ1) is 14.4. The van der Waals surface area contributed by atoms with Crippen LogP contribution >= 0.6 is 34.8 Å². The van der Waals surface area contributed by atoms with E-state index < -0.39 is 0 Å². The fourth-order valence-electron chi connectivity index (χ4n) is 3.42. The molecule has 1 saturated heterocycles. The lowest BCUT2D eigenvalue weighted by Gasteiger charge is -2.32. The first-order valence-electron chi connectivity index (χ1n) is 9.87. The number of rotatable bonds is 7. The van der Waals surface area contributed by atoms with Gasteiger partial charge in [-0.05, 0) is 67.7 Å². The third-order valence-electron chi connectivity index (χ3n) is 5.21. The highest BCUT2D eigenvalue weighted by atomic mass is 35.5. The molecule has 0 bridgehead atoms. The van der Waals surface area contributed by atoms with Crippen LogP contribution in [0, 0.1) is 5.92 Å². The van der Waals surface area contributed by atoms with E-state index in [1.807, 2.05) is 12.1 Å². The van der Waals surface area contributed by atoms with Crippen molar-refractivity contribution in [2.75, 3.05) is 26.2 Å². The second-order valence-corrected chi connectivity index (χ2v) is 8.71. The lowest BCUT2D eigenvalue weighted by Crippen LogP contribution is -2.41. The van der Waals surface area contributed by atoms with Gasteiger partial charge in [0, 0.05) is 23.7 Å². The van der Waals surface area contributed by atoms with Gasteiger partial charge in [-0.25, -0.2) is 0 Å². The number of hydrogen-bond donors (Lipinski definition) is 2. The molecule has 5 nitrogen and oxygen atoms in total. The fourth-order valence-corrected chi connectivity index (χ4v) is 3.84. The first-order valence-corrected chi connectivity index (χ1v) is 11.0. The summed E-state index contributed by atoms with van der Waals surface area (Å²) in [5.74, 6) is -0.118. The Kier molecular flexibility index (Phi) is 8.40. The second kappa shape index (κ2) is 11.0. The fraction of sp³-hybridized carbons (Fsp3) is 0.364. The van der Waals surface area contributed by atoms with E-state index in [1.54, 1.807) is 12.1 Å². The average Bonchev–Trinajstić information content (AvgIpc) is 2.75.